The van der Waals surface area contributed by atoms with Crippen LogP contribution in [0.2, 0.25) is 0 Å². The van der Waals surface area contributed by atoms with Crippen molar-refractivity contribution in [3.63, 3.8) is 0 Å². The van der Waals surface area contributed by atoms with Crippen LogP contribution < -0.4 is 10.6 Å². The van der Waals surface area contributed by atoms with Gasteiger partial charge in [0.05, 0.1) is 6.54 Å². The standard InChI is InChI=1S/C13H18F2N2O/c1-8(2)17-13(18)7-16-9(3)11-5-4-10(14)6-12(11)15/h4-6,8-9,16H,7H2,1-3H3,(H,17,18). The van der Waals surface area contributed by atoms with E-state index in [2.05, 4.69) is 10.6 Å². The quantitative estimate of drug-likeness (QED) is 0.847. The monoisotopic (exact) mass is 256 g/mol. The third-order valence-corrected chi connectivity index (χ3v) is 2.45. The smallest absolute Gasteiger partial charge is 0.234 e. The van der Waals surface area contributed by atoms with Gasteiger partial charge in [-0.15, -0.1) is 0 Å². The molecule has 2 N–H and O–H groups in total. The van der Waals surface area contributed by atoms with Gasteiger partial charge in [0.15, 0.2) is 0 Å². The minimum atomic E-state index is -0.612. The number of rotatable bonds is 5. The van der Waals surface area contributed by atoms with Gasteiger partial charge in [-0.3, -0.25) is 4.79 Å². The third-order valence-electron chi connectivity index (χ3n) is 2.45. The van der Waals surface area contributed by atoms with E-state index in [4.69, 9.17) is 0 Å². The van der Waals surface area contributed by atoms with E-state index in [0.29, 0.717) is 5.56 Å². The fraction of sp³-hybridized carbons (Fsp3) is 0.462. The van der Waals surface area contributed by atoms with Gasteiger partial charge in [-0.05, 0) is 26.8 Å². The average molecular weight is 256 g/mol. The minimum Gasteiger partial charge on any atom is -0.353 e. The second-order valence-corrected chi connectivity index (χ2v) is 4.49. The largest absolute Gasteiger partial charge is 0.353 e. The Bertz CT molecular complexity index is 421. The van der Waals surface area contributed by atoms with Crippen molar-refractivity contribution in [1.29, 1.82) is 0 Å². The molecule has 1 rings (SSSR count). The first-order valence-electron chi connectivity index (χ1n) is 5.88. The van der Waals surface area contributed by atoms with Crippen molar-refractivity contribution in [2.24, 2.45) is 0 Å². The van der Waals surface area contributed by atoms with Crippen LogP contribution in [0.4, 0.5) is 8.78 Å². The lowest BCUT2D eigenvalue weighted by Gasteiger charge is -2.15. The van der Waals surface area contributed by atoms with Gasteiger partial charge in [0, 0.05) is 23.7 Å². The van der Waals surface area contributed by atoms with E-state index >= 15 is 0 Å². The van der Waals surface area contributed by atoms with E-state index in [1.54, 1.807) is 6.92 Å². The molecule has 0 saturated carbocycles. The highest BCUT2D eigenvalue weighted by Gasteiger charge is 2.12. The molecule has 0 aromatic heterocycles. The SMILES string of the molecule is CC(C)NC(=O)CNC(C)c1ccc(F)cc1F. The van der Waals surface area contributed by atoms with Gasteiger partial charge in [0.2, 0.25) is 5.91 Å². The third kappa shape index (κ3) is 4.41. The van der Waals surface area contributed by atoms with E-state index in [1.807, 2.05) is 13.8 Å². The molecule has 0 spiro atoms. The first kappa shape index (κ1) is 14.6. The Balaban J connectivity index is 2.55. The predicted octanol–water partition coefficient (Wildman–Crippen LogP) is 2.14. The van der Waals surface area contributed by atoms with Crippen LogP contribution in [0.1, 0.15) is 32.4 Å². The minimum absolute atomic E-state index is 0.0668. The van der Waals surface area contributed by atoms with Gasteiger partial charge in [-0.2, -0.15) is 0 Å². The number of benzene rings is 1. The first-order valence-corrected chi connectivity index (χ1v) is 5.88. The summed E-state index contributed by atoms with van der Waals surface area (Å²) in [6.07, 6.45) is 0. The number of hydrogen-bond donors (Lipinski definition) is 2. The van der Waals surface area contributed by atoms with Crippen molar-refractivity contribution in [2.75, 3.05) is 6.54 Å². The molecule has 100 valence electrons. The van der Waals surface area contributed by atoms with Gasteiger partial charge < -0.3 is 10.6 Å². The summed E-state index contributed by atoms with van der Waals surface area (Å²) in [7, 11) is 0. The summed E-state index contributed by atoms with van der Waals surface area (Å²) in [5, 5.41) is 5.61. The number of hydrogen-bond acceptors (Lipinski definition) is 2. The van der Waals surface area contributed by atoms with E-state index in [1.165, 1.54) is 12.1 Å². The number of carbonyl (C=O) groups is 1. The van der Waals surface area contributed by atoms with Crippen LogP contribution in [0.5, 0.6) is 0 Å². The highest BCUT2D eigenvalue weighted by Crippen LogP contribution is 2.17. The second-order valence-electron chi connectivity index (χ2n) is 4.49. The van der Waals surface area contributed by atoms with Crippen LogP contribution in [0.25, 0.3) is 0 Å². The van der Waals surface area contributed by atoms with Gasteiger partial charge >= 0.3 is 0 Å². The number of amides is 1. The zero-order chi connectivity index (χ0) is 13.7. The molecule has 1 atom stereocenters. The highest BCUT2D eigenvalue weighted by molar-refractivity contribution is 5.78. The lowest BCUT2D eigenvalue weighted by Crippen LogP contribution is -2.38. The maximum Gasteiger partial charge on any atom is 0.234 e. The van der Waals surface area contributed by atoms with Crippen molar-refractivity contribution in [2.45, 2.75) is 32.9 Å². The number of nitrogens with one attached hydrogen (secondary N) is 2. The lowest BCUT2D eigenvalue weighted by atomic mass is 10.1. The Morgan fingerprint density at radius 2 is 1.94 bits per heavy atom. The van der Waals surface area contributed by atoms with E-state index < -0.39 is 11.6 Å². The average Bonchev–Trinajstić information content (AvgIpc) is 2.25. The van der Waals surface area contributed by atoms with Gasteiger partial charge in [0.1, 0.15) is 11.6 Å². The van der Waals surface area contributed by atoms with Crippen molar-refractivity contribution >= 4 is 5.91 Å². The lowest BCUT2D eigenvalue weighted by molar-refractivity contribution is -0.120. The molecule has 0 radical (unpaired) electrons. The summed E-state index contributed by atoms with van der Waals surface area (Å²) in [6.45, 7) is 5.54. The molecule has 18 heavy (non-hydrogen) atoms. The van der Waals surface area contributed by atoms with Crippen LogP contribution in [-0.2, 0) is 4.79 Å². The van der Waals surface area contributed by atoms with Crippen LogP contribution in [-0.4, -0.2) is 18.5 Å². The summed E-state index contributed by atoms with van der Waals surface area (Å²) < 4.78 is 26.2. The van der Waals surface area contributed by atoms with Crippen LogP contribution >= 0.6 is 0 Å². The van der Waals surface area contributed by atoms with E-state index in [0.717, 1.165) is 6.07 Å². The van der Waals surface area contributed by atoms with Crippen LogP contribution in [0.15, 0.2) is 18.2 Å². The molecule has 0 heterocycles. The number of halogens is 2. The Kier molecular flexibility index (Phi) is 5.22. The van der Waals surface area contributed by atoms with Crippen molar-refractivity contribution in [1.82, 2.24) is 10.6 Å². The second kappa shape index (κ2) is 6.44. The molecule has 1 unspecified atom stereocenters. The maximum absolute atomic E-state index is 13.5. The predicted molar refractivity (Wildman–Crippen MR) is 66.1 cm³/mol. The molecule has 0 aliphatic heterocycles. The molecule has 0 fully saturated rings. The van der Waals surface area contributed by atoms with Crippen molar-refractivity contribution in [3.8, 4) is 0 Å². The first-order chi connectivity index (χ1) is 8.40. The van der Waals surface area contributed by atoms with Gasteiger partial charge in [0.25, 0.3) is 0 Å². The Hall–Kier alpha value is -1.49. The van der Waals surface area contributed by atoms with Crippen molar-refractivity contribution in [3.05, 3.63) is 35.4 Å². The van der Waals surface area contributed by atoms with E-state index in [-0.39, 0.29) is 24.5 Å². The fourth-order valence-electron chi connectivity index (χ4n) is 1.58. The molecule has 0 aliphatic rings. The summed E-state index contributed by atoms with van der Waals surface area (Å²) in [6, 6.07) is 3.12. The Labute approximate surface area is 106 Å². The van der Waals surface area contributed by atoms with Gasteiger partial charge in [-0.25, -0.2) is 8.78 Å². The normalized spacial score (nSPS) is 12.6. The molecule has 0 aliphatic carbocycles. The molecule has 3 nitrogen and oxygen atoms in total. The molecule has 1 amide bonds. The van der Waals surface area contributed by atoms with Gasteiger partial charge in [-0.1, -0.05) is 6.07 Å². The van der Waals surface area contributed by atoms with Crippen LogP contribution in [0, 0.1) is 11.6 Å². The Morgan fingerprint density at radius 3 is 2.50 bits per heavy atom. The molecular weight excluding hydrogens is 238 g/mol. The summed E-state index contributed by atoms with van der Waals surface area (Å²) in [4.78, 5) is 11.4. The summed E-state index contributed by atoms with van der Waals surface area (Å²) >= 11 is 0. The molecule has 5 heteroatoms. The summed E-state index contributed by atoms with van der Waals surface area (Å²) in [5.41, 5.74) is 0.341. The molecule has 0 saturated heterocycles. The highest BCUT2D eigenvalue weighted by atomic mass is 19.1. The van der Waals surface area contributed by atoms with E-state index in [9.17, 15) is 13.6 Å². The topological polar surface area (TPSA) is 41.1 Å². The molecular formula is C13H18F2N2O. The maximum atomic E-state index is 13.5. The fourth-order valence-corrected chi connectivity index (χ4v) is 1.58. The molecule has 1 aromatic carbocycles. The zero-order valence-electron chi connectivity index (χ0n) is 10.8. The molecule has 1 aromatic rings. The Morgan fingerprint density at radius 1 is 1.28 bits per heavy atom. The zero-order valence-corrected chi connectivity index (χ0v) is 10.8. The number of carbonyl (C=O) groups excluding carboxylic acids is 1. The van der Waals surface area contributed by atoms with Crippen LogP contribution in [0.3, 0.4) is 0 Å². The molecule has 0 bridgehead atoms. The summed E-state index contributed by atoms with van der Waals surface area (Å²) in [5.74, 6) is -1.38. The van der Waals surface area contributed by atoms with Crippen molar-refractivity contribution < 1.29 is 13.6 Å².